The third kappa shape index (κ3) is 4.79. The first-order chi connectivity index (χ1) is 13.6. The topological polar surface area (TPSA) is 54.1 Å². The third-order valence-electron chi connectivity index (χ3n) is 5.82. The van der Waals surface area contributed by atoms with Crippen LogP contribution in [0, 0.1) is 16.7 Å². The largest absolute Gasteiger partial charge is 0.330 e. The molecule has 1 aliphatic carbocycles. The Bertz CT molecular complexity index is 821. The van der Waals surface area contributed by atoms with Gasteiger partial charge < -0.3 is 9.80 Å². The van der Waals surface area contributed by atoms with E-state index >= 15 is 0 Å². The summed E-state index contributed by atoms with van der Waals surface area (Å²) in [5, 5.41) is 18.0. The van der Waals surface area contributed by atoms with E-state index in [1.165, 1.54) is 32.4 Å². The van der Waals surface area contributed by atoms with Crippen LogP contribution in [0.4, 0.5) is 0 Å². The summed E-state index contributed by atoms with van der Waals surface area (Å²) >= 11 is 0. The van der Waals surface area contributed by atoms with Crippen molar-refractivity contribution in [2.45, 2.75) is 44.6 Å². The lowest BCUT2D eigenvalue weighted by Crippen LogP contribution is -2.39. The Morgan fingerprint density at radius 3 is 2.71 bits per heavy atom. The molecule has 1 aliphatic heterocycles. The highest BCUT2D eigenvalue weighted by molar-refractivity contribution is 5.99. The van der Waals surface area contributed by atoms with Crippen LogP contribution in [-0.4, -0.2) is 41.8 Å². The van der Waals surface area contributed by atoms with Crippen LogP contribution >= 0.6 is 0 Å². The van der Waals surface area contributed by atoms with Crippen molar-refractivity contribution < 1.29 is 0 Å². The molecule has 1 atom stereocenters. The second kappa shape index (κ2) is 9.52. The Hall–Kier alpha value is -2.64. The quantitative estimate of drug-likeness (QED) is 0.608. The Morgan fingerprint density at radius 2 is 1.96 bits per heavy atom. The molecule has 28 heavy (non-hydrogen) atoms. The van der Waals surface area contributed by atoms with Gasteiger partial charge in [0.25, 0.3) is 0 Å². The lowest BCUT2D eigenvalue weighted by atomic mass is 10.00. The summed E-state index contributed by atoms with van der Waals surface area (Å²) in [6.45, 7) is 6.59. The summed E-state index contributed by atoms with van der Waals surface area (Å²) in [5.74, 6) is 0.340. The van der Waals surface area contributed by atoms with Gasteiger partial charge in [-0.2, -0.15) is 5.26 Å². The van der Waals surface area contributed by atoms with Crippen LogP contribution in [0.5, 0.6) is 0 Å². The number of hydrogen-bond donors (Lipinski definition) is 1. The average Bonchev–Trinajstić information content (AvgIpc) is 2.84. The first kappa shape index (κ1) is 20.1. The van der Waals surface area contributed by atoms with Gasteiger partial charge in [0.1, 0.15) is 5.84 Å². The van der Waals surface area contributed by atoms with E-state index in [-0.39, 0.29) is 0 Å². The van der Waals surface area contributed by atoms with Gasteiger partial charge in [0.15, 0.2) is 0 Å². The van der Waals surface area contributed by atoms with Gasteiger partial charge in [-0.3, -0.25) is 5.41 Å². The van der Waals surface area contributed by atoms with Gasteiger partial charge in [-0.1, -0.05) is 42.9 Å². The Kier molecular flexibility index (Phi) is 6.84. The first-order valence-electron chi connectivity index (χ1n) is 10.2. The van der Waals surface area contributed by atoms with Crippen LogP contribution in [0.2, 0.25) is 0 Å². The number of allylic oxidation sites excluding steroid dienone is 3. The van der Waals surface area contributed by atoms with Crippen LogP contribution < -0.4 is 0 Å². The second-order valence-corrected chi connectivity index (χ2v) is 7.71. The molecule has 0 bridgehead atoms. The summed E-state index contributed by atoms with van der Waals surface area (Å²) in [7, 11) is 1.91. The van der Waals surface area contributed by atoms with Gasteiger partial charge in [-0.25, -0.2) is 0 Å². The van der Waals surface area contributed by atoms with Gasteiger partial charge in [-0.15, -0.1) is 0 Å². The number of piperidine rings is 1. The molecule has 1 fully saturated rings. The molecule has 3 rings (SSSR count). The van der Waals surface area contributed by atoms with Crippen LogP contribution in [0.1, 0.15) is 49.7 Å². The minimum atomic E-state index is 0.340. The highest BCUT2D eigenvalue weighted by Crippen LogP contribution is 2.24. The van der Waals surface area contributed by atoms with E-state index in [9.17, 15) is 5.26 Å². The van der Waals surface area contributed by atoms with Crippen LogP contribution in [0.15, 0.2) is 60.3 Å². The average molecular weight is 375 g/mol. The number of likely N-dealkylation sites (N-methyl/N-ethyl adjacent to an activating group) is 1. The fourth-order valence-electron chi connectivity index (χ4n) is 4.04. The smallest absolute Gasteiger partial charge is 0.133 e. The number of amidine groups is 1. The van der Waals surface area contributed by atoms with Gasteiger partial charge in [0.05, 0.1) is 11.6 Å². The summed E-state index contributed by atoms with van der Waals surface area (Å²) in [6, 6.07) is 10.0. The van der Waals surface area contributed by atoms with E-state index in [0.29, 0.717) is 23.0 Å². The summed E-state index contributed by atoms with van der Waals surface area (Å²) in [5.41, 5.74) is 3.31. The molecule has 0 spiro atoms. The molecule has 0 saturated carbocycles. The summed E-state index contributed by atoms with van der Waals surface area (Å²) in [4.78, 5) is 4.51. The van der Waals surface area contributed by atoms with E-state index < -0.39 is 0 Å². The molecule has 1 aromatic rings. The molecule has 1 unspecified atom stereocenters. The molecule has 2 aliphatic rings. The number of likely N-dealkylation sites (tertiary alicyclic amines) is 1. The lowest BCUT2D eigenvalue weighted by Gasteiger charge is -2.34. The van der Waals surface area contributed by atoms with Crippen molar-refractivity contribution in [1.82, 2.24) is 9.80 Å². The SMILES string of the molecule is C=C1/C=C\C(N(C)C(=N)c2ccccc2C#N)=C/CC(N2CCCCC2)CC1. The number of rotatable bonds is 3. The zero-order valence-electron chi connectivity index (χ0n) is 16.8. The highest BCUT2D eigenvalue weighted by Gasteiger charge is 2.21. The maximum Gasteiger partial charge on any atom is 0.133 e. The van der Waals surface area contributed by atoms with Crippen LogP contribution in [0.25, 0.3) is 0 Å². The van der Waals surface area contributed by atoms with E-state index in [2.05, 4.69) is 35.8 Å². The van der Waals surface area contributed by atoms with Crippen molar-refractivity contribution in [3.05, 3.63) is 71.5 Å². The molecule has 1 heterocycles. The maximum atomic E-state index is 9.38. The zero-order valence-corrected chi connectivity index (χ0v) is 16.8. The summed E-state index contributed by atoms with van der Waals surface area (Å²) in [6.07, 6.45) is 13.4. The maximum absolute atomic E-state index is 9.38. The van der Waals surface area contributed by atoms with E-state index in [0.717, 1.165) is 30.5 Å². The van der Waals surface area contributed by atoms with Crippen molar-refractivity contribution in [3.63, 3.8) is 0 Å². The molecule has 0 radical (unpaired) electrons. The fraction of sp³-hybridized carbons (Fsp3) is 0.417. The molecule has 1 N–H and O–H groups in total. The minimum Gasteiger partial charge on any atom is -0.330 e. The van der Waals surface area contributed by atoms with Gasteiger partial charge in [0.2, 0.25) is 0 Å². The third-order valence-corrected chi connectivity index (χ3v) is 5.82. The van der Waals surface area contributed by atoms with Gasteiger partial charge in [0, 0.05) is 24.4 Å². The van der Waals surface area contributed by atoms with Crippen LogP contribution in [-0.2, 0) is 0 Å². The van der Waals surface area contributed by atoms with Crippen molar-refractivity contribution in [1.29, 1.82) is 10.7 Å². The van der Waals surface area contributed by atoms with Crippen molar-refractivity contribution in [2.24, 2.45) is 0 Å². The standard InChI is InChI=1S/C24H30N4/c1-19-10-12-21(14-15-22(13-11-19)28-16-6-3-7-17-28)27(2)24(26)23-9-5-4-8-20(23)18-25/h4-5,8-10,12,14,22,26H,1,3,6-7,11,13,15-17H2,2H3/b12-10-,21-14+,26-24?. The molecular weight excluding hydrogens is 344 g/mol. The fourth-order valence-corrected chi connectivity index (χ4v) is 4.04. The molecule has 0 aromatic heterocycles. The van der Waals surface area contributed by atoms with E-state index in [1.54, 1.807) is 6.07 Å². The highest BCUT2D eigenvalue weighted by atomic mass is 15.2. The number of nitrogens with zero attached hydrogens (tertiary/aromatic N) is 3. The number of nitriles is 1. The predicted molar refractivity (Wildman–Crippen MR) is 115 cm³/mol. The van der Waals surface area contributed by atoms with Crippen molar-refractivity contribution in [2.75, 3.05) is 20.1 Å². The number of hydrogen-bond acceptors (Lipinski definition) is 3. The van der Waals surface area contributed by atoms with Crippen molar-refractivity contribution >= 4 is 5.84 Å². The molecule has 4 nitrogen and oxygen atoms in total. The lowest BCUT2D eigenvalue weighted by molar-refractivity contribution is 0.156. The molecule has 4 heteroatoms. The molecule has 1 saturated heterocycles. The first-order valence-corrected chi connectivity index (χ1v) is 10.2. The van der Waals surface area contributed by atoms with Gasteiger partial charge in [-0.05, 0) is 63.4 Å². The molecule has 0 amide bonds. The van der Waals surface area contributed by atoms with Crippen molar-refractivity contribution in [3.8, 4) is 6.07 Å². The predicted octanol–water partition coefficient (Wildman–Crippen LogP) is 4.85. The Balaban J connectivity index is 1.83. The molecular formula is C24H30N4. The summed E-state index contributed by atoms with van der Waals surface area (Å²) < 4.78 is 0. The molecule has 146 valence electrons. The number of nitrogens with one attached hydrogen (secondary N) is 1. The molecule has 1 aromatic carbocycles. The number of benzene rings is 1. The normalized spacial score (nSPS) is 24.1. The minimum absolute atomic E-state index is 0.340. The van der Waals surface area contributed by atoms with Gasteiger partial charge >= 0.3 is 0 Å². The zero-order chi connectivity index (χ0) is 19.9. The Morgan fingerprint density at radius 1 is 1.21 bits per heavy atom. The van der Waals surface area contributed by atoms with E-state index in [4.69, 9.17) is 5.41 Å². The second-order valence-electron chi connectivity index (χ2n) is 7.71. The monoisotopic (exact) mass is 374 g/mol. The van der Waals surface area contributed by atoms with Crippen LogP contribution in [0.3, 0.4) is 0 Å². The Labute approximate surface area is 169 Å². The van der Waals surface area contributed by atoms with E-state index in [1.807, 2.05) is 30.1 Å².